The zero-order chi connectivity index (χ0) is 11.7. The minimum atomic E-state index is -0.211. The van der Waals surface area contributed by atoms with E-state index in [2.05, 4.69) is 0 Å². The third-order valence-corrected chi connectivity index (χ3v) is 3.16. The van der Waals surface area contributed by atoms with Gasteiger partial charge in [-0.3, -0.25) is 14.5 Å². The lowest BCUT2D eigenvalue weighted by molar-refractivity contribution is 0.0637. The molecule has 0 N–H and O–H groups in total. The van der Waals surface area contributed by atoms with Gasteiger partial charge in [0.1, 0.15) is 0 Å². The number of hydrogen-bond acceptors (Lipinski definition) is 2. The summed E-state index contributed by atoms with van der Waals surface area (Å²) in [6.07, 6.45) is 0. The minimum absolute atomic E-state index is 0.115. The van der Waals surface area contributed by atoms with Crippen LogP contribution in [0, 0.1) is 5.92 Å². The number of nitrogens with zero attached hydrogens (tertiary/aromatic N) is 1. The molecule has 3 nitrogen and oxygen atoms in total. The normalized spacial score (nSPS) is 16.5. The summed E-state index contributed by atoms with van der Waals surface area (Å²) in [7, 11) is 0. The highest BCUT2D eigenvalue weighted by Gasteiger charge is 2.35. The molecule has 16 heavy (non-hydrogen) atoms. The molecule has 0 bridgehead atoms. The average molecular weight is 238 g/mol. The van der Waals surface area contributed by atoms with E-state index in [1.54, 1.807) is 24.3 Å². The van der Waals surface area contributed by atoms with Crippen molar-refractivity contribution in [3.05, 3.63) is 35.4 Å². The van der Waals surface area contributed by atoms with E-state index in [9.17, 15) is 9.59 Å². The van der Waals surface area contributed by atoms with Crippen molar-refractivity contribution < 1.29 is 9.59 Å². The minimum Gasteiger partial charge on any atom is -0.274 e. The van der Waals surface area contributed by atoms with Crippen LogP contribution in [0.1, 0.15) is 27.6 Å². The maximum absolute atomic E-state index is 11.9. The van der Waals surface area contributed by atoms with Gasteiger partial charge in [0.25, 0.3) is 11.8 Å². The highest BCUT2D eigenvalue weighted by atomic mass is 35.5. The lowest BCUT2D eigenvalue weighted by Gasteiger charge is -2.17. The van der Waals surface area contributed by atoms with Crippen molar-refractivity contribution in [2.45, 2.75) is 6.92 Å². The second kappa shape index (κ2) is 4.26. The number of carbonyl (C=O) groups excluding carboxylic acids is 2. The SMILES string of the molecule is CC(CCl)CN1C(=O)c2ccccc2C1=O. The largest absolute Gasteiger partial charge is 0.274 e. The van der Waals surface area contributed by atoms with Crippen LogP contribution in [0.5, 0.6) is 0 Å². The quantitative estimate of drug-likeness (QED) is 0.597. The Morgan fingerprint density at radius 3 is 2.12 bits per heavy atom. The number of rotatable bonds is 3. The highest BCUT2D eigenvalue weighted by Crippen LogP contribution is 2.23. The van der Waals surface area contributed by atoms with Gasteiger partial charge in [-0.1, -0.05) is 19.1 Å². The molecular formula is C12H12ClNO2. The van der Waals surface area contributed by atoms with Crippen LogP contribution in [0.2, 0.25) is 0 Å². The Hall–Kier alpha value is -1.35. The first-order valence-electron chi connectivity index (χ1n) is 5.16. The molecule has 1 unspecified atom stereocenters. The Morgan fingerprint density at radius 1 is 1.19 bits per heavy atom. The van der Waals surface area contributed by atoms with Gasteiger partial charge in [0.2, 0.25) is 0 Å². The molecule has 0 saturated heterocycles. The lowest BCUT2D eigenvalue weighted by Crippen LogP contribution is -2.34. The van der Waals surface area contributed by atoms with E-state index in [0.717, 1.165) is 0 Å². The van der Waals surface area contributed by atoms with Gasteiger partial charge in [-0.05, 0) is 18.1 Å². The van der Waals surface area contributed by atoms with Gasteiger partial charge >= 0.3 is 0 Å². The molecule has 1 aromatic carbocycles. The number of benzene rings is 1. The lowest BCUT2D eigenvalue weighted by atomic mass is 10.1. The Labute approximate surface area is 99.0 Å². The van der Waals surface area contributed by atoms with Crippen molar-refractivity contribution >= 4 is 23.4 Å². The number of amides is 2. The van der Waals surface area contributed by atoms with Crippen molar-refractivity contribution in [3.63, 3.8) is 0 Å². The highest BCUT2D eigenvalue weighted by molar-refractivity contribution is 6.21. The molecule has 2 amide bonds. The first kappa shape index (κ1) is 11.1. The molecule has 0 spiro atoms. The Kier molecular flexibility index (Phi) is 2.97. The van der Waals surface area contributed by atoms with Crippen LogP contribution in [0.25, 0.3) is 0 Å². The van der Waals surface area contributed by atoms with Crippen LogP contribution in [-0.2, 0) is 0 Å². The molecule has 1 heterocycles. The van der Waals surface area contributed by atoms with Crippen LogP contribution in [0.3, 0.4) is 0 Å². The van der Waals surface area contributed by atoms with Gasteiger partial charge in [0.05, 0.1) is 11.1 Å². The van der Waals surface area contributed by atoms with Crippen LogP contribution in [0.15, 0.2) is 24.3 Å². The van der Waals surface area contributed by atoms with Crippen LogP contribution in [0.4, 0.5) is 0 Å². The fraction of sp³-hybridized carbons (Fsp3) is 0.333. The molecule has 0 fully saturated rings. The topological polar surface area (TPSA) is 37.4 Å². The predicted octanol–water partition coefficient (Wildman–Crippen LogP) is 2.16. The van der Waals surface area contributed by atoms with E-state index in [-0.39, 0.29) is 17.7 Å². The maximum Gasteiger partial charge on any atom is 0.261 e. The van der Waals surface area contributed by atoms with E-state index in [1.807, 2.05) is 6.92 Å². The maximum atomic E-state index is 11.9. The summed E-state index contributed by atoms with van der Waals surface area (Å²) in [6, 6.07) is 6.89. The van der Waals surface area contributed by atoms with Gasteiger partial charge in [-0.15, -0.1) is 11.6 Å². The van der Waals surface area contributed by atoms with E-state index in [4.69, 9.17) is 11.6 Å². The summed E-state index contributed by atoms with van der Waals surface area (Å²) in [6.45, 7) is 2.30. The fourth-order valence-corrected chi connectivity index (χ4v) is 1.86. The first-order chi connectivity index (χ1) is 7.65. The second-order valence-corrected chi connectivity index (χ2v) is 4.33. The van der Waals surface area contributed by atoms with E-state index in [0.29, 0.717) is 23.6 Å². The number of halogens is 1. The van der Waals surface area contributed by atoms with Gasteiger partial charge < -0.3 is 0 Å². The van der Waals surface area contributed by atoms with E-state index < -0.39 is 0 Å². The van der Waals surface area contributed by atoms with Crippen molar-refractivity contribution in [1.82, 2.24) is 4.90 Å². The molecule has 1 aliphatic rings. The predicted molar refractivity (Wildman–Crippen MR) is 61.7 cm³/mol. The molecule has 0 aromatic heterocycles. The third-order valence-electron chi connectivity index (χ3n) is 2.64. The van der Waals surface area contributed by atoms with Crippen molar-refractivity contribution in [2.75, 3.05) is 12.4 Å². The summed E-state index contributed by atoms with van der Waals surface area (Å²) >= 11 is 5.69. The number of carbonyl (C=O) groups is 2. The Morgan fingerprint density at radius 2 is 1.69 bits per heavy atom. The Bertz CT molecular complexity index is 409. The average Bonchev–Trinajstić information content (AvgIpc) is 2.55. The van der Waals surface area contributed by atoms with Gasteiger partial charge in [0, 0.05) is 12.4 Å². The Balaban J connectivity index is 2.28. The smallest absolute Gasteiger partial charge is 0.261 e. The molecule has 0 aliphatic carbocycles. The van der Waals surface area contributed by atoms with Crippen molar-refractivity contribution in [1.29, 1.82) is 0 Å². The summed E-state index contributed by atoms with van der Waals surface area (Å²) in [5.41, 5.74) is 0.989. The van der Waals surface area contributed by atoms with Crippen LogP contribution >= 0.6 is 11.6 Å². The van der Waals surface area contributed by atoms with Gasteiger partial charge in [-0.25, -0.2) is 0 Å². The molecular weight excluding hydrogens is 226 g/mol. The second-order valence-electron chi connectivity index (χ2n) is 4.03. The molecule has 0 radical (unpaired) electrons. The monoisotopic (exact) mass is 237 g/mol. The van der Waals surface area contributed by atoms with E-state index in [1.165, 1.54) is 4.90 Å². The number of fused-ring (bicyclic) bond motifs is 1. The van der Waals surface area contributed by atoms with E-state index >= 15 is 0 Å². The molecule has 84 valence electrons. The molecule has 0 saturated carbocycles. The van der Waals surface area contributed by atoms with Crippen LogP contribution < -0.4 is 0 Å². The number of imide groups is 1. The third kappa shape index (κ3) is 1.71. The zero-order valence-corrected chi connectivity index (χ0v) is 9.70. The summed E-state index contributed by atoms with van der Waals surface area (Å²) in [4.78, 5) is 25.1. The van der Waals surface area contributed by atoms with Gasteiger partial charge in [0.15, 0.2) is 0 Å². The molecule has 4 heteroatoms. The molecule has 2 rings (SSSR count). The number of hydrogen-bond donors (Lipinski definition) is 0. The van der Waals surface area contributed by atoms with Crippen molar-refractivity contribution in [2.24, 2.45) is 5.92 Å². The molecule has 1 aromatic rings. The summed E-state index contributed by atoms with van der Waals surface area (Å²) in [5, 5.41) is 0. The van der Waals surface area contributed by atoms with Crippen LogP contribution in [-0.4, -0.2) is 29.1 Å². The van der Waals surface area contributed by atoms with Gasteiger partial charge in [-0.2, -0.15) is 0 Å². The molecule has 1 aliphatic heterocycles. The number of alkyl halides is 1. The molecule has 1 atom stereocenters. The fourth-order valence-electron chi connectivity index (χ4n) is 1.77. The standard InChI is InChI=1S/C12H12ClNO2/c1-8(6-13)7-14-11(15)9-4-2-3-5-10(9)12(14)16/h2-5,8H,6-7H2,1H3. The zero-order valence-electron chi connectivity index (χ0n) is 8.94. The van der Waals surface area contributed by atoms with Crippen molar-refractivity contribution in [3.8, 4) is 0 Å². The summed E-state index contributed by atoms with van der Waals surface area (Å²) in [5.74, 6) is 0.131. The first-order valence-corrected chi connectivity index (χ1v) is 5.69. The summed E-state index contributed by atoms with van der Waals surface area (Å²) < 4.78 is 0.